The van der Waals surface area contributed by atoms with Crippen LogP contribution in [0.2, 0.25) is 0 Å². The minimum atomic E-state index is -0.472. The average molecular weight is 329 g/mol. The second-order valence-corrected chi connectivity index (χ2v) is 5.26. The number of carbonyl (C=O) groups excluding carboxylic acids is 1. The van der Waals surface area contributed by atoms with Gasteiger partial charge in [0.25, 0.3) is 11.6 Å². The smallest absolute Gasteiger partial charge is 0.273 e. The first-order chi connectivity index (χ1) is 8.95. The van der Waals surface area contributed by atoms with Crippen molar-refractivity contribution in [3.63, 3.8) is 0 Å². The molecule has 0 aliphatic rings. The number of rotatable bonds is 6. The molecule has 0 spiro atoms. The van der Waals surface area contributed by atoms with Crippen molar-refractivity contribution in [1.82, 2.24) is 5.32 Å². The number of nitro groups is 1. The lowest BCUT2D eigenvalue weighted by Gasteiger charge is -2.13. The van der Waals surface area contributed by atoms with E-state index in [0.29, 0.717) is 11.1 Å². The molecule has 1 aromatic carbocycles. The van der Waals surface area contributed by atoms with Crippen LogP contribution in [-0.4, -0.2) is 22.2 Å². The maximum atomic E-state index is 12.0. The molecule has 1 unspecified atom stereocenters. The Labute approximate surface area is 120 Å². The predicted octanol–water partition coefficient (Wildman–Crippen LogP) is 3.20. The van der Waals surface area contributed by atoms with Gasteiger partial charge in [0.15, 0.2) is 0 Å². The number of nitrogens with one attached hydrogen (secondary N) is 1. The van der Waals surface area contributed by atoms with Gasteiger partial charge in [-0.15, -0.1) is 0 Å². The fraction of sp³-hybridized carbons (Fsp3) is 0.462. The third-order valence-electron chi connectivity index (χ3n) is 2.82. The largest absolute Gasteiger partial charge is 0.350 e. The first-order valence-corrected chi connectivity index (χ1v) is 7.19. The predicted molar refractivity (Wildman–Crippen MR) is 77.8 cm³/mol. The first-order valence-electron chi connectivity index (χ1n) is 6.07. The number of aryl methyl sites for hydroxylation is 1. The van der Waals surface area contributed by atoms with Gasteiger partial charge in [-0.25, -0.2) is 0 Å². The summed E-state index contributed by atoms with van der Waals surface area (Å²) in [6.07, 6.45) is 1.83. The van der Waals surface area contributed by atoms with Crippen LogP contribution in [0.5, 0.6) is 0 Å². The van der Waals surface area contributed by atoms with Gasteiger partial charge >= 0.3 is 0 Å². The van der Waals surface area contributed by atoms with Gasteiger partial charge in [-0.1, -0.05) is 22.0 Å². The molecule has 0 aliphatic carbocycles. The summed E-state index contributed by atoms with van der Waals surface area (Å²) in [6, 6.07) is 4.57. The monoisotopic (exact) mass is 328 g/mol. The number of halogens is 1. The summed E-state index contributed by atoms with van der Waals surface area (Å²) in [7, 11) is 0. The molecule has 1 amide bonds. The Hall–Kier alpha value is -1.43. The molecule has 5 nitrogen and oxygen atoms in total. The van der Waals surface area contributed by atoms with Crippen molar-refractivity contribution in [1.29, 1.82) is 0 Å². The van der Waals surface area contributed by atoms with Crippen LogP contribution in [0.15, 0.2) is 18.2 Å². The van der Waals surface area contributed by atoms with E-state index >= 15 is 0 Å². The first kappa shape index (κ1) is 15.6. The molecular weight excluding hydrogens is 312 g/mol. The van der Waals surface area contributed by atoms with Gasteiger partial charge in [-0.2, -0.15) is 0 Å². The second-order valence-electron chi connectivity index (χ2n) is 4.46. The molecule has 1 atom stereocenters. The summed E-state index contributed by atoms with van der Waals surface area (Å²) in [6.45, 7) is 3.57. The summed E-state index contributed by atoms with van der Waals surface area (Å²) < 4.78 is 0. The lowest BCUT2D eigenvalue weighted by atomic mass is 10.1. The van der Waals surface area contributed by atoms with Gasteiger partial charge < -0.3 is 5.32 Å². The number of benzene rings is 1. The van der Waals surface area contributed by atoms with E-state index in [9.17, 15) is 14.9 Å². The highest BCUT2D eigenvalue weighted by atomic mass is 79.9. The molecule has 0 fully saturated rings. The Morgan fingerprint density at radius 2 is 2.21 bits per heavy atom. The molecule has 0 saturated carbocycles. The molecule has 0 radical (unpaired) electrons. The molecule has 1 aromatic rings. The molecule has 6 heteroatoms. The molecule has 0 saturated heterocycles. The molecule has 1 N–H and O–H groups in total. The quantitative estimate of drug-likeness (QED) is 0.495. The van der Waals surface area contributed by atoms with Crippen LogP contribution in [0.3, 0.4) is 0 Å². The van der Waals surface area contributed by atoms with Crippen molar-refractivity contribution in [3.05, 3.63) is 39.4 Å². The minimum Gasteiger partial charge on any atom is -0.350 e. The SMILES string of the molecule is Cc1ccc(C(=O)NC(C)CCCBr)cc1[N+](=O)[O-]. The van der Waals surface area contributed by atoms with Crippen molar-refractivity contribution < 1.29 is 9.72 Å². The number of amides is 1. The molecule has 0 bridgehead atoms. The van der Waals surface area contributed by atoms with Crippen LogP contribution in [0.25, 0.3) is 0 Å². The third kappa shape index (κ3) is 4.63. The Kier molecular flexibility index (Phi) is 5.95. The Bertz CT molecular complexity index is 477. The molecule has 19 heavy (non-hydrogen) atoms. The van der Waals surface area contributed by atoms with E-state index in [1.165, 1.54) is 6.07 Å². The molecule has 104 valence electrons. The van der Waals surface area contributed by atoms with E-state index in [2.05, 4.69) is 21.2 Å². The Morgan fingerprint density at radius 1 is 1.53 bits per heavy atom. The van der Waals surface area contributed by atoms with Crippen molar-refractivity contribution in [2.24, 2.45) is 0 Å². The Morgan fingerprint density at radius 3 is 2.79 bits per heavy atom. The average Bonchev–Trinajstić information content (AvgIpc) is 2.36. The minimum absolute atomic E-state index is 0.0271. The zero-order valence-electron chi connectivity index (χ0n) is 11.0. The number of hydrogen-bond acceptors (Lipinski definition) is 3. The molecule has 0 aliphatic heterocycles. The number of alkyl halides is 1. The van der Waals surface area contributed by atoms with Crippen LogP contribution in [0.1, 0.15) is 35.7 Å². The van der Waals surface area contributed by atoms with Crippen molar-refractivity contribution in [2.45, 2.75) is 32.7 Å². The highest BCUT2D eigenvalue weighted by Gasteiger charge is 2.16. The third-order valence-corrected chi connectivity index (χ3v) is 3.38. The summed E-state index contributed by atoms with van der Waals surface area (Å²) in [5, 5.41) is 14.6. The topological polar surface area (TPSA) is 72.2 Å². The summed E-state index contributed by atoms with van der Waals surface area (Å²) in [5.41, 5.74) is 0.845. The zero-order chi connectivity index (χ0) is 14.4. The van der Waals surface area contributed by atoms with E-state index < -0.39 is 4.92 Å². The summed E-state index contributed by atoms with van der Waals surface area (Å²) in [5.74, 6) is -0.273. The maximum Gasteiger partial charge on any atom is 0.273 e. The molecule has 0 heterocycles. The van der Waals surface area contributed by atoms with Crippen molar-refractivity contribution in [2.75, 3.05) is 5.33 Å². The van der Waals surface area contributed by atoms with E-state index in [4.69, 9.17) is 0 Å². The maximum absolute atomic E-state index is 12.0. The van der Waals surface area contributed by atoms with Gasteiger partial charge in [0, 0.05) is 28.6 Å². The fourth-order valence-electron chi connectivity index (χ4n) is 1.71. The van der Waals surface area contributed by atoms with E-state index in [1.807, 2.05) is 6.92 Å². The van der Waals surface area contributed by atoms with Crippen LogP contribution in [0, 0.1) is 17.0 Å². The van der Waals surface area contributed by atoms with Gasteiger partial charge in [-0.3, -0.25) is 14.9 Å². The standard InChI is InChI=1S/C13H17BrN2O3/c1-9-5-6-11(8-12(9)16(18)19)13(17)15-10(2)4-3-7-14/h5-6,8,10H,3-4,7H2,1-2H3,(H,15,17). The van der Waals surface area contributed by atoms with Crippen LogP contribution in [0.4, 0.5) is 5.69 Å². The van der Waals surface area contributed by atoms with Crippen molar-refractivity contribution in [3.8, 4) is 0 Å². The molecule has 1 rings (SSSR count). The lowest BCUT2D eigenvalue weighted by molar-refractivity contribution is -0.385. The summed E-state index contributed by atoms with van der Waals surface area (Å²) >= 11 is 3.33. The highest BCUT2D eigenvalue weighted by molar-refractivity contribution is 9.09. The van der Waals surface area contributed by atoms with E-state index in [-0.39, 0.29) is 17.6 Å². The highest BCUT2D eigenvalue weighted by Crippen LogP contribution is 2.19. The van der Waals surface area contributed by atoms with Gasteiger partial charge in [0.1, 0.15) is 0 Å². The second kappa shape index (κ2) is 7.23. The Balaban J connectivity index is 2.77. The number of carbonyl (C=O) groups is 1. The van der Waals surface area contributed by atoms with Gasteiger partial charge in [-0.05, 0) is 32.8 Å². The van der Waals surface area contributed by atoms with Crippen molar-refractivity contribution >= 4 is 27.5 Å². The van der Waals surface area contributed by atoms with Crippen LogP contribution < -0.4 is 5.32 Å². The number of nitro benzene ring substituents is 1. The van der Waals surface area contributed by atoms with Crippen LogP contribution >= 0.6 is 15.9 Å². The zero-order valence-corrected chi connectivity index (χ0v) is 12.6. The fourth-order valence-corrected chi connectivity index (χ4v) is 2.03. The molecular formula is C13H17BrN2O3. The lowest BCUT2D eigenvalue weighted by Crippen LogP contribution is -2.32. The summed E-state index contributed by atoms with van der Waals surface area (Å²) in [4.78, 5) is 22.3. The van der Waals surface area contributed by atoms with E-state index in [1.54, 1.807) is 19.1 Å². The number of nitrogens with zero attached hydrogens (tertiary/aromatic N) is 1. The number of hydrogen-bond donors (Lipinski definition) is 1. The van der Waals surface area contributed by atoms with Crippen LogP contribution in [-0.2, 0) is 0 Å². The molecule has 0 aromatic heterocycles. The normalized spacial score (nSPS) is 11.9. The van der Waals surface area contributed by atoms with E-state index in [0.717, 1.165) is 18.2 Å². The van der Waals surface area contributed by atoms with Gasteiger partial charge in [0.2, 0.25) is 0 Å². The van der Waals surface area contributed by atoms with Gasteiger partial charge in [0.05, 0.1) is 4.92 Å².